The lowest BCUT2D eigenvalue weighted by Crippen LogP contribution is -1.91. The van der Waals surface area contributed by atoms with Gasteiger partial charge in [-0.1, -0.05) is 133 Å². The van der Waals surface area contributed by atoms with Crippen LogP contribution in [0.25, 0.3) is 76.9 Å². The van der Waals surface area contributed by atoms with Crippen LogP contribution < -0.4 is 0 Å². The fourth-order valence-corrected chi connectivity index (χ4v) is 5.45. The van der Waals surface area contributed by atoms with Gasteiger partial charge in [-0.25, -0.2) is 0 Å². The first-order valence-corrected chi connectivity index (χ1v) is 12.5. The molecule has 8 aromatic rings. The van der Waals surface area contributed by atoms with E-state index in [0.29, 0.717) is 27.7 Å². The van der Waals surface area contributed by atoms with Gasteiger partial charge in [-0.3, -0.25) is 0 Å². The van der Waals surface area contributed by atoms with E-state index in [-0.39, 0.29) is 50.3 Å². The summed E-state index contributed by atoms with van der Waals surface area (Å²) in [5.41, 5.74) is 3.03. The van der Waals surface area contributed by atoms with Crippen LogP contribution in [0.4, 0.5) is 0 Å². The molecule has 1 heteroatoms. The quantitative estimate of drug-likeness (QED) is 0.217. The molecule has 0 unspecified atom stereocenters. The smallest absolute Gasteiger partial charge is 0.136 e. The van der Waals surface area contributed by atoms with Crippen molar-refractivity contribution in [3.05, 3.63) is 145 Å². The summed E-state index contributed by atoms with van der Waals surface area (Å²) in [7, 11) is 0. The molecule has 0 fully saturated rings. The van der Waals surface area contributed by atoms with Gasteiger partial charge in [0.15, 0.2) is 0 Å². The number of fused-ring (bicyclic) bond motifs is 5. The number of furan rings is 1. The molecule has 182 valence electrons. The van der Waals surface area contributed by atoms with Gasteiger partial charge in [0, 0.05) is 10.8 Å². The fraction of sp³-hybridized carbons (Fsp3) is 0. The number of para-hydroxylation sites is 1. The molecule has 0 aliphatic carbocycles. The first-order chi connectivity index (χ1) is 23.5. The van der Waals surface area contributed by atoms with E-state index in [1.807, 2.05) is 48.5 Å². The van der Waals surface area contributed by atoms with Crippen molar-refractivity contribution in [2.45, 2.75) is 0 Å². The molecule has 7 aromatic carbocycles. The number of hydrogen-bond acceptors (Lipinski definition) is 1. The summed E-state index contributed by atoms with van der Waals surface area (Å²) in [6.07, 6.45) is 0. The summed E-state index contributed by atoms with van der Waals surface area (Å²) in [5.74, 6) is 0. The highest BCUT2D eigenvalue weighted by Crippen LogP contribution is 2.46. The SMILES string of the molecule is [2H]c1cc(-c2ccccc2)cc([2H])c1-c1c2c([2H])c([2H])c([2H])c([2H])c2c(-c2cccc3oc4ccccc4c23)c2c([2H])c([2H])c([2H])c([2H])c12. The van der Waals surface area contributed by atoms with Gasteiger partial charge in [-0.05, 0) is 67.1 Å². The van der Waals surface area contributed by atoms with Crippen molar-refractivity contribution in [1.82, 2.24) is 0 Å². The molecule has 1 heterocycles. The van der Waals surface area contributed by atoms with Gasteiger partial charge in [0.2, 0.25) is 0 Å². The Balaban J connectivity index is 1.67. The molecule has 0 aliphatic heterocycles. The molecule has 0 radical (unpaired) electrons. The Morgan fingerprint density at radius 2 is 0.974 bits per heavy atom. The predicted octanol–water partition coefficient (Wildman–Crippen LogP) is 10.9. The lowest BCUT2D eigenvalue weighted by Gasteiger charge is -2.18. The third-order valence-corrected chi connectivity index (χ3v) is 7.15. The Labute approximate surface area is 240 Å². The fourth-order valence-electron chi connectivity index (χ4n) is 5.45. The third kappa shape index (κ3) is 3.41. The average molecular weight is 507 g/mol. The Morgan fingerprint density at radius 1 is 0.410 bits per heavy atom. The van der Waals surface area contributed by atoms with Crippen LogP contribution in [0, 0.1) is 0 Å². The standard InChI is InChI=1S/C38H24O/c1-2-11-25(12-3-1)26-21-23-27(24-22-26)36-28-13-4-6-15-30(28)37(31-16-7-5-14-29(31)36)33-18-10-20-35-38(33)32-17-8-9-19-34(32)39-35/h1-24H/i4D,5D,6D,7D,13D,14D,15D,16D,23D,24D. The molecule has 1 nitrogen and oxygen atoms in total. The van der Waals surface area contributed by atoms with Crippen LogP contribution in [0.5, 0.6) is 0 Å². The van der Waals surface area contributed by atoms with Gasteiger partial charge < -0.3 is 4.42 Å². The molecule has 1 aromatic heterocycles. The maximum absolute atomic E-state index is 9.26. The van der Waals surface area contributed by atoms with Crippen LogP contribution in [0.1, 0.15) is 13.7 Å². The van der Waals surface area contributed by atoms with Crippen molar-refractivity contribution < 1.29 is 18.1 Å². The Morgan fingerprint density at radius 3 is 1.67 bits per heavy atom. The van der Waals surface area contributed by atoms with Crippen LogP contribution in [-0.2, 0) is 0 Å². The van der Waals surface area contributed by atoms with Crippen molar-refractivity contribution in [2.75, 3.05) is 0 Å². The lowest BCUT2D eigenvalue weighted by atomic mass is 9.84. The molecule has 0 saturated carbocycles. The second-order valence-electron chi connectivity index (χ2n) is 9.30. The van der Waals surface area contributed by atoms with Crippen molar-refractivity contribution in [2.24, 2.45) is 0 Å². The third-order valence-electron chi connectivity index (χ3n) is 7.15. The van der Waals surface area contributed by atoms with Crippen LogP contribution in [-0.4, -0.2) is 0 Å². The zero-order valence-corrected chi connectivity index (χ0v) is 20.5. The maximum atomic E-state index is 9.26. The van der Waals surface area contributed by atoms with Gasteiger partial charge in [0.05, 0.1) is 13.7 Å². The number of hydrogen-bond donors (Lipinski definition) is 0. The highest BCUT2D eigenvalue weighted by Gasteiger charge is 2.19. The molecular formula is C38H24O. The van der Waals surface area contributed by atoms with Crippen molar-refractivity contribution in [3.63, 3.8) is 0 Å². The van der Waals surface area contributed by atoms with Crippen LogP contribution in [0.3, 0.4) is 0 Å². The number of benzene rings is 7. The summed E-state index contributed by atoms with van der Waals surface area (Å²) in [6, 6.07) is 20.8. The van der Waals surface area contributed by atoms with E-state index in [1.165, 1.54) is 0 Å². The number of rotatable bonds is 3. The normalized spacial score (nSPS) is 15.2. The van der Waals surface area contributed by atoms with E-state index in [0.717, 1.165) is 10.9 Å². The monoisotopic (exact) mass is 506 g/mol. The van der Waals surface area contributed by atoms with E-state index in [4.69, 9.17) is 9.90 Å². The van der Waals surface area contributed by atoms with Gasteiger partial charge in [0.25, 0.3) is 0 Å². The second-order valence-corrected chi connectivity index (χ2v) is 9.30. The van der Waals surface area contributed by atoms with Gasteiger partial charge in [-0.2, -0.15) is 0 Å². The first kappa shape index (κ1) is 14.1. The molecule has 0 atom stereocenters. The average Bonchev–Trinajstić information content (AvgIpc) is 3.49. The topological polar surface area (TPSA) is 13.1 Å². The highest BCUT2D eigenvalue weighted by atomic mass is 16.3. The summed E-state index contributed by atoms with van der Waals surface area (Å²) in [6.45, 7) is 0. The molecule has 0 spiro atoms. The Hall–Kier alpha value is -5.14. The van der Waals surface area contributed by atoms with E-state index in [2.05, 4.69) is 0 Å². The van der Waals surface area contributed by atoms with Crippen LogP contribution in [0.15, 0.2) is 150 Å². The summed E-state index contributed by atoms with van der Waals surface area (Å²) < 4.78 is 96.4. The highest BCUT2D eigenvalue weighted by molar-refractivity contribution is 6.25. The minimum atomic E-state index is -0.546. The van der Waals surface area contributed by atoms with Crippen molar-refractivity contribution in [1.29, 1.82) is 0 Å². The van der Waals surface area contributed by atoms with Gasteiger partial charge in [-0.15, -0.1) is 0 Å². The van der Waals surface area contributed by atoms with E-state index in [1.54, 1.807) is 36.4 Å². The van der Waals surface area contributed by atoms with Gasteiger partial charge in [0.1, 0.15) is 11.2 Å². The molecule has 8 rings (SSSR count). The predicted molar refractivity (Wildman–Crippen MR) is 165 cm³/mol. The molecule has 0 aliphatic rings. The summed E-state index contributed by atoms with van der Waals surface area (Å²) in [4.78, 5) is 0. The summed E-state index contributed by atoms with van der Waals surface area (Å²) >= 11 is 0. The van der Waals surface area contributed by atoms with Crippen molar-refractivity contribution in [3.8, 4) is 33.4 Å². The minimum absolute atomic E-state index is 0.0109. The molecule has 0 N–H and O–H groups in total. The zero-order valence-electron chi connectivity index (χ0n) is 30.5. The molecular weight excluding hydrogens is 472 g/mol. The van der Waals surface area contributed by atoms with E-state index >= 15 is 0 Å². The van der Waals surface area contributed by atoms with Crippen LogP contribution >= 0.6 is 0 Å². The van der Waals surface area contributed by atoms with E-state index < -0.39 is 48.3 Å². The molecule has 39 heavy (non-hydrogen) atoms. The molecule has 0 saturated heterocycles. The van der Waals surface area contributed by atoms with E-state index in [9.17, 15) is 8.22 Å². The summed E-state index contributed by atoms with van der Waals surface area (Å²) in [5, 5.41) is 1.28. The maximum Gasteiger partial charge on any atom is 0.136 e. The second kappa shape index (κ2) is 8.72. The van der Waals surface area contributed by atoms with Crippen LogP contribution in [0.2, 0.25) is 0 Å². The molecule has 0 bridgehead atoms. The van der Waals surface area contributed by atoms with Gasteiger partial charge >= 0.3 is 0 Å². The first-order valence-electron chi connectivity index (χ1n) is 17.5. The minimum Gasteiger partial charge on any atom is -0.456 e. The largest absolute Gasteiger partial charge is 0.456 e. The zero-order chi connectivity index (χ0) is 34.5. The van der Waals surface area contributed by atoms with Crippen molar-refractivity contribution >= 4 is 43.5 Å². The molecule has 0 amide bonds. The Bertz CT molecular complexity index is 2610. The Kier molecular flexibility index (Phi) is 3.16. The lowest BCUT2D eigenvalue weighted by molar-refractivity contribution is 0.669.